The molecule has 1 aliphatic heterocycles. The van der Waals surface area contributed by atoms with E-state index >= 15 is 0 Å². The average Bonchev–Trinajstić information content (AvgIpc) is 2.92. The number of benzene rings is 1. The van der Waals surface area contributed by atoms with Crippen LogP contribution in [0.3, 0.4) is 0 Å². The van der Waals surface area contributed by atoms with E-state index in [1.165, 1.54) is 6.20 Å². The second kappa shape index (κ2) is 6.55. The Morgan fingerprint density at radius 1 is 1.20 bits per heavy atom. The number of nitrogens with zero attached hydrogens (tertiary/aromatic N) is 2. The zero-order chi connectivity index (χ0) is 18.2. The molecule has 0 amide bonds. The lowest BCUT2D eigenvalue weighted by atomic mass is 10.0. The van der Waals surface area contributed by atoms with Crippen molar-refractivity contribution in [2.24, 2.45) is 0 Å². The quantitative estimate of drug-likeness (QED) is 0.827. The van der Waals surface area contributed by atoms with Crippen molar-refractivity contribution in [3.8, 4) is 11.1 Å². The Labute approximate surface area is 140 Å². The minimum absolute atomic E-state index is 0.0250. The van der Waals surface area contributed by atoms with Crippen LogP contribution in [0.5, 0.6) is 0 Å². The van der Waals surface area contributed by atoms with Gasteiger partial charge in [-0.25, -0.2) is 18.7 Å². The van der Waals surface area contributed by atoms with Crippen molar-refractivity contribution in [1.29, 1.82) is 0 Å². The highest BCUT2D eigenvalue weighted by molar-refractivity contribution is 5.66. The molecule has 3 rings (SSSR count). The number of aryl methyl sites for hydroxylation is 1. The van der Waals surface area contributed by atoms with E-state index in [2.05, 4.69) is 20.6 Å². The summed E-state index contributed by atoms with van der Waals surface area (Å²) in [6.45, 7) is 2.25. The third-order valence-corrected chi connectivity index (χ3v) is 4.02. The van der Waals surface area contributed by atoms with Crippen molar-refractivity contribution in [3.05, 3.63) is 41.5 Å². The number of anilines is 1. The fourth-order valence-electron chi connectivity index (χ4n) is 2.67. The Morgan fingerprint density at radius 3 is 2.52 bits per heavy atom. The fraction of sp³-hybridized carbons (Fsp3) is 0.375. The van der Waals surface area contributed by atoms with Gasteiger partial charge in [-0.05, 0) is 19.1 Å². The zero-order valence-electron chi connectivity index (χ0n) is 13.2. The van der Waals surface area contributed by atoms with Crippen LogP contribution >= 0.6 is 0 Å². The topological polar surface area (TPSA) is 49.8 Å². The second-order valence-electron chi connectivity index (χ2n) is 5.81. The van der Waals surface area contributed by atoms with Gasteiger partial charge in [0.15, 0.2) is 0 Å². The van der Waals surface area contributed by atoms with Gasteiger partial charge in [0.1, 0.15) is 12.0 Å². The van der Waals surface area contributed by atoms with Crippen molar-refractivity contribution < 1.29 is 22.0 Å². The molecule has 134 valence electrons. The highest BCUT2D eigenvalue weighted by atomic mass is 19.4. The lowest BCUT2D eigenvalue weighted by Gasteiger charge is -2.15. The molecule has 1 saturated heterocycles. The molecule has 2 heterocycles. The van der Waals surface area contributed by atoms with Crippen LogP contribution < -0.4 is 10.6 Å². The zero-order valence-corrected chi connectivity index (χ0v) is 13.2. The van der Waals surface area contributed by atoms with E-state index in [1.807, 2.05) is 0 Å². The van der Waals surface area contributed by atoms with Gasteiger partial charge in [-0.15, -0.1) is 0 Å². The van der Waals surface area contributed by atoms with E-state index in [4.69, 9.17) is 0 Å². The Hall–Kier alpha value is -2.29. The van der Waals surface area contributed by atoms with Crippen LogP contribution in [0.1, 0.15) is 11.3 Å². The van der Waals surface area contributed by atoms with Crippen LogP contribution in [0.2, 0.25) is 0 Å². The third-order valence-electron chi connectivity index (χ3n) is 4.02. The summed E-state index contributed by atoms with van der Waals surface area (Å²) in [5.41, 5.74) is -0.438. The molecule has 0 saturated carbocycles. The summed E-state index contributed by atoms with van der Waals surface area (Å²) in [6.07, 6.45) is -4.38. The first-order valence-electron chi connectivity index (χ1n) is 7.58. The number of rotatable bonds is 3. The van der Waals surface area contributed by atoms with Crippen LogP contribution in [-0.4, -0.2) is 35.3 Å². The smallest absolute Gasteiger partial charge is 0.347 e. The van der Waals surface area contributed by atoms with Crippen LogP contribution in [0.15, 0.2) is 24.4 Å². The van der Waals surface area contributed by atoms with Crippen LogP contribution in [0.25, 0.3) is 11.1 Å². The summed E-state index contributed by atoms with van der Waals surface area (Å²) in [5.74, 6) is -0.823. The van der Waals surface area contributed by atoms with E-state index in [0.29, 0.717) is 18.3 Å². The normalized spacial score (nSPS) is 20.7. The molecule has 0 bridgehead atoms. The van der Waals surface area contributed by atoms with Crippen molar-refractivity contribution >= 4 is 5.95 Å². The highest BCUT2D eigenvalue weighted by Gasteiger charge is 2.31. The van der Waals surface area contributed by atoms with Crippen molar-refractivity contribution in [2.75, 3.05) is 18.4 Å². The van der Waals surface area contributed by atoms with Crippen LogP contribution in [0.4, 0.5) is 27.9 Å². The molecule has 2 aromatic rings. The first-order chi connectivity index (χ1) is 11.8. The van der Waals surface area contributed by atoms with Gasteiger partial charge >= 0.3 is 6.18 Å². The Morgan fingerprint density at radius 2 is 1.96 bits per heavy atom. The number of alkyl halides is 4. The lowest BCUT2D eigenvalue weighted by Crippen LogP contribution is -2.30. The predicted octanol–water partition coefficient (Wildman–Crippen LogP) is 3.33. The number of aromatic nitrogens is 2. The summed E-state index contributed by atoms with van der Waals surface area (Å²) >= 11 is 0. The van der Waals surface area contributed by atoms with E-state index < -0.39 is 29.8 Å². The molecule has 1 aromatic heterocycles. The molecule has 9 heteroatoms. The first kappa shape index (κ1) is 17.5. The van der Waals surface area contributed by atoms with Gasteiger partial charge in [0.25, 0.3) is 0 Å². The standard InChI is InChI=1S/C16H15F5N4/c1-8-11(10-3-2-9(4-12(10)17)16(19,20)21)5-23-15(24-8)25-14-7-22-6-13(14)18/h2-5,13-14,22H,6-7H2,1H3,(H,23,24,25)/t13-,14-/m0/s1. The molecule has 0 radical (unpaired) electrons. The number of halogens is 5. The van der Waals surface area contributed by atoms with Gasteiger partial charge in [-0.1, -0.05) is 6.07 Å². The molecule has 2 atom stereocenters. The van der Waals surface area contributed by atoms with Crippen molar-refractivity contribution in [2.45, 2.75) is 25.3 Å². The Bertz CT molecular complexity index is 778. The molecule has 0 spiro atoms. The minimum Gasteiger partial charge on any atom is -0.347 e. The van der Waals surface area contributed by atoms with Gasteiger partial charge in [0.05, 0.1) is 17.3 Å². The van der Waals surface area contributed by atoms with Crippen LogP contribution in [0, 0.1) is 12.7 Å². The maximum Gasteiger partial charge on any atom is 0.416 e. The monoisotopic (exact) mass is 358 g/mol. The van der Waals surface area contributed by atoms with Gasteiger partial charge in [0, 0.05) is 30.4 Å². The minimum atomic E-state index is -4.61. The van der Waals surface area contributed by atoms with E-state index in [1.54, 1.807) is 6.92 Å². The van der Waals surface area contributed by atoms with Gasteiger partial charge in [-0.3, -0.25) is 0 Å². The van der Waals surface area contributed by atoms with E-state index in [9.17, 15) is 22.0 Å². The maximum atomic E-state index is 14.1. The molecule has 1 aromatic carbocycles. The Balaban J connectivity index is 1.86. The van der Waals surface area contributed by atoms with Gasteiger partial charge < -0.3 is 10.6 Å². The molecule has 2 N–H and O–H groups in total. The molecule has 1 fully saturated rings. The molecule has 1 aliphatic rings. The largest absolute Gasteiger partial charge is 0.416 e. The molecule has 25 heavy (non-hydrogen) atoms. The predicted molar refractivity (Wildman–Crippen MR) is 82.3 cm³/mol. The summed E-state index contributed by atoms with van der Waals surface area (Å²) < 4.78 is 65.6. The summed E-state index contributed by atoms with van der Waals surface area (Å²) in [6, 6.07) is 1.84. The summed E-state index contributed by atoms with van der Waals surface area (Å²) in [4.78, 5) is 8.17. The van der Waals surface area contributed by atoms with Gasteiger partial charge in [-0.2, -0.15) is 13.2 Å². The van der Waals surface area contributed by atoms with Gasteiger partial charge in [0.2, 0.25) is 5.95 Å². The number of nitrogens with one attached hydrogen (secondary N) is 2. The molecular formula is C16H15F5N4. The third kappa shape index (κ3) is 3.71. The molecule has 4 nitrogen and oxygen atoms in total. The Kier molecular flexibility index (Phi) is 4.59. The first-order valence-corrected chi connectivity index (χ1v) is 7.58. The maximum absolute atomic E-state index is 14.1. The van der Waals surface area contributed by atoms with Crippen LogP contribution in [-0.2, 0) is 6.18 Å². The molecule has 0 unspecified atom stereocenters. The van der Waals surface area contributed by atoms with Crippen molar-refractivity contribution in [1.82, 2.24) is 15.3 Å². The fourth-order valence-corrected chi connectivity index (χ4v) is 2.67. The molecular weight excluding hydrogens is 343 g/mol. The molecule has 0 aliphatic carbocycles. The highest BCUT2D eigenvalue weighted by Crippen LogP contribution is 2.33. The average molecular weight is 358 g/mol. The number of hydrogen-bond acceptors (Lipinski definition) is 4. The summed E-state index contributed by atoms with van der Waals surface area (Å²) in [7, 11) is 0. The lowest BCUT2D eigenvalue weighted by molar-refractivity contribution is -0.137. The van der Waals surface area contributed by atoms with E-state index in [0.717, 1.165) is 12.1 Å². The van der Waals surface area contributed by atoms with E-state index in [-0.39, 0.29) is 23.6 Å². The SMILES string of the molecule is Cc1nc(N[C@H]2CNC[C@@H]2F)ncc1-c1ccc(C(F)(F)F)cc1F. The second-order valence-corrected chi connectivity index (χ2v) is 5.81. The number of hydrogen-bond donors (Lipinski definition) is 2. The van der Waals surface area contributed by atoms with Crippen molar-refractivity contribution in [3.63, 3.8) is 0 Å². The summed E-state index contributed by atoms with van der Waals surface area (Å²) in [5, 5.41) is 5.74.